The van der Waals surface area contributed by atoms with Crippen molar-refractivity contribution >= 4 is 27.6 Å². The Morgan fingerprint density at radius 2 is 1.56 bits per heavy atom. The summed E-state index contributed by atoms with van der Waals surface area (Å²) in [6.07, 6.45) is 0. The lowest BCUT2D eigenvalue weighted by Crippen LogP contribution is -2.30. The summed E-state index contributed by atoms with van der Waals surface area (Å²) in [4.78, 5) is 23.6. The second-order valence-corrected chi connectivity index (χ2v) is 7.84. The first-order valence-corrected chi connectivity index (χ1v) is 9.90. The van der Waals surface area contributed by atoms with Crippen LogP contribution in [0.15, 0.2) is 47.4 Å². The number of carboxylic acid groups (broad SMARTS) is 1. The lowest BCUT2D eigenvalue weighted by atomic mass is 10.1. The fourth-order valence-electron chi connectivity index (χ4n) is 2.58. The smallest absolute Gasteiger partial charge is 0.335 e. The van der Waals surface area contributed by atoms with Crippen molar-refractivity contribution in [1.29, 1.82) is 0 Å². The number of rotatable bonds is 7. The van der Waals surface area contributed by atoms with E-state index in [9.17, 15) is 18.0 Å². The van der Waals surface area contributed by atoms with Crippen molar-refractivity contribution in [2.45, 2.75) is 25.7 Å². The van der Waals surface area contributed by atoms with E-state index in [4.69, 9.17) is 5.11 Å². The number of carbonyl (C=O) groups excluding carboxylic acids is 1. The molecular weight excluding hydrogens is 368 g/mol. The largest absolute Gasteiger partial charge is 0.478 e. The normalized spacial score (nSPS) is 11.4. The Bertz CT molecular complexity index is 949. The highest BCUT2D eigenvalue weighted by Gasteiger charge is 2.21. The molecule has 7 nitrogen and oxygen atoms in total. The van der Waals surface area contributed by atoms with Crippen LogP contribution in [0.5, 0.6) is 0 Å². The fourth-order valence-corrected chi connectivity index (χ4v) is 4.03. The Hall–Kier alpha value is -2.71. The molecule has 0 saturated heterocycles. The third-order valence-electron chi connectivity index (χ3n) is 4.19. The molecule has 144 valence electrons. The first-order valence-electron chi connectivity index (χ1n) is 8.46. The molecule has 8 heteroatoms. The number of aryl methyl sites for hydroxylation is 1. The molecule has 0 aliphatic heterocycles. The molecule has 0 saturated carbocycles. The highest BCUT2D eigenvalue weighted by Crippen LogP contribution is 2.20. The lowest BCUT2D eigenvalue weighted by Gasteiger charge is -2.18. The minimum Gasteiger partial charge on any atom is -0.478 e. The summed E-state index contributed by atoms with van der Waals surface area (Å²) < 4.78 is 26.3. The van der Waals surface area contributed by atoms with Gasteiger partial charge in [-0.25, -0.2) is 13.2 Å². The highest BCUT2D eigenvalue weighted by molar-refractivity contribution is 7.89. The number of carbonyl (C=O) groups is 2. The van der Waals surface area contributed by atoms with E-state index in [2.05, 4.69) is 5.32 Å². The van der Waals surface area contributed by atoms with Gasteiger partial charge in [-0.3, -0.25) is 4.79 Å². The molecule has 2 N–H and O–H groups in total. The highest BCUT2D eigenvalue weighted by atomic mass is 32.2. The van der Waals surface area contributed by atoms with Gasteiger partial charge in [0.05, 0.1) is 10.5 Å². The van der Waals surface area contributed by atoms with Gasteiger partial charge < -0.3 is 10.4 Å². The zero-order valence-electron chi connectivity index (χ0n) is 15.4. The Morgan fingerprint density at radius 1 is 1.00 bits per heavy atom. The lowest BCUT2D eigenvalue weighted by molar-refractivity contribution is 0.0696. The molecule has 0 aliphatic rings. The van der Waals surface area contributed by atoms with E-state index in [1.807, 2.05) is 0 Å². The summed E-state index contributed by atoms with van der Waals surface area (Å²) in [6.45, 7) is 5.99. The van der Waals surface area contributed by atoms with E-state index in [1.54, 1.807) is 26.8 Å². The van der Waals surface area contributed by atoms with E-state index in [1.165, 1.54) is 40.7 Å². The summed E-state index contributed by atoms with van der Waals surface area (Å²) in [6, 6.07) is 10.1. The van der Waals surface area contributed by atoms with E-state index < -0.39 is 21.9 Å². The zero-order valence-corrected chi connectivity index (χ0v) is 16.2. The van der Waals surface area contributed by atoms with Crippen LogP contribution in [0.2, 0.25) is 0 Å². The minimum absolute atomic E-state index is 0.0663. The third kappa shape index (κ3) is 4.53. The van der Waals surface area contributed by atoms with Gasteiger partial charge in [-0.2, -0.15) is 4.31 Å². The van der Waals surface area contributed by atoms with E-state index >= 15 is 0 Å². The standard InChI is InChI=1S/C19H22N2O5S/c1-4-21(5-2)27(25,26)16-10-8-14(9-11-16)18(22)20-17-12-15(19(23)24)7-6-13(17)3/h6-12H,4-5H2,1-3H3,(H,20,22)(H,23,24). The molecule has 0 spiro atoms. The van der Waals surface area contributed by atoms with Crippen LogP contribution in [0.25, 0.3) is 0 Å². The van der Waals surface area contributed by atoms with Crippen molar-refractivity contribution in [3.05, 3.63) is 59.2 Å². The number of nitrogens with one attached hydrogen (secondary N) is 1. The molecule has 0 aliphatic carbocycles. The number of benzene rings is 2. The second kappa shape index (κ2) is 8.32. The maximum absolute atomic E-state index is 12.5. The van der Waals surface area contributed by atoms with E-state index in [-0.39, 0.29) is 16.0 Å². The maximum Gasteiger partial charge on any atom is 0.335 e. The van der Waals surface area contributed by atoms with Gasteiger partial charge in [-0.05, 0) is 48.9 Å². The number of aromatic carboxylic acids is 1. The molecule has 0 unspecified atom stereocenters. The Kier molecular flexibility index (Phi) is 6.35. The number of anilines is 1. The Morgan fingerprint density at radius 3 is 2.07 bits per heavy atom. The average molecular weight is 390 g/mol. The number of hydrogen-bond acceptors (Lipinski definition) is 4. The minimum atomic E-state index is -3.59. The molecule has 2 aromatic carbocycles. The van der Waals surface area contributed by atoms with Crippen LogP contribution in [0.1, 0.15) is 40.1 Å². The van der Waals surface area contributed by atoms with Gasteiger partial charge in [-0.1, -0.05) is 19.9 Å². The topological polar surface area (TPSA) is 104 Å². The molecule has 27 heavy (non-hydrogen) atoms. The van der Waals surface area contributed by atoms with Crippen LogP contribution in [0.4, 0.5) is 5.69 Å². The van der Waals surface area contributed by atoms with Crippen molar-refractivity contribution in [3.63, 3.8) is 0 Å². The van der Waals surface area contributed by atoms with Crippen molar-refractivity contribution in [1.82, 2.24) is 4.31 Å². The van der Waals surface area contributed by atoms with E-state index in [0.29, 0.717) is 24.3 Å². The number of amides is 1. The van der Waals surface area contributed by atoms with Gasteiger partial charge in [-0.15, -0.1) is 0 Å². The van der Waals surface area contributed by atoms with Gasteiger partial charge >= 0.3 is 5.97 Å². The van der Waals surface area contributed by atoms with Crippen LogP contribution in [-0.2, 0) is 10.0 Å². The van der Waals surface area contributed by atoms with Crippen LogP contribution >= 0.6 is 0 Å². The zero-order chi connectivity index (χ0) is 20.2. The molecule has 0 heterocycles. The van der Waals surface area contributed by atoms with Crippen molar-refractivity contribution < 1.29 is 23.1 Å². The Balaban J connectivity index is 2.24. The molecule has 0 aromatic heterocycles. The summed E-state index contributed by atoms with van der Waals surface area (Å²) in [5.41, 5.74) is 1.44. The van der Waals surface area contributed by atoms with Gasteiger partial charge in [0.15, 0.2) is 0 Å². The first-order chi connectivity index (χ1) is 12.7. The van der Waals surface area contributed by atoms with Crippen LogP contribution in [-0.4, -0.2) is 42.8 Å². The third-order valence-corrected chi connectivity index (χ3v) is 6.26. The molecule has 2 rings (SSSR count). The van der Waals surface area contributed by atoms with Gasteiger partial charge in [0.1, 0.15) is 0 Å². The number of sulfonamides is 1. The number of nitrogens with zero attached hydrogens (tertiary/aromatic N) is 1. The molecule has 0 fully saturated rings. The molecule has 1 amide bonds. The van der Waals surface area contributed by atoms with Crippen molar-refractivity contribution in [2.75, 3.05) is 18.4 Å². The summed E-state index contributed by atoms with van der Waals surface area (Å²) in [5, 5.41) is 11.7. The Labute approximate surface area is 158 Å². The van der Waals surface area contributed by atoms with Crippen molar-refractivity contribution in [3.8, 4) is 0 Å². The fraction of sp³-hybridized carbons (Fsp3) is 0.263. The molecular formula is C19H22N2O5S. The van der Waals surface area contributed by atoms with Crippen LogP contribution < -0.4 is 5.32 Å². The van der Waals surface area contributed by atoms with Crippen LogP contribution in [0, 0.1) is 6.92 Å². The van der Waals surface area contributed by atoms with Gasteiger partial charge in [0, 0.05) is 24.3 Å². The average Bonchev–Trinajstić information content (AvgIpc) is 2.64. The summed E-state index contributed by atoms with van der Waals surface area (Å²) in [5.74, 6) is -1.54. The second-order valence-electron chi connectivity index (χ2n) is 5.90. The summed E-state index contributed by atoms with van der Waals surface area (Å²) in [7, 11) is -3.59. The monoisotopic (exact) mass is 390 g/mol. The molecule has 0 atom stereocenters. The van der Waals surface area contributed by atoms with Gasteiger partial charge in [0.2, 0.25) is 10.0 Å². The number of hydrogen-bond donors (Lipinski definition) is 2. The predicted molar refractivity (Wildman–Crippen MR) is 103 cm³/mol. The summed E-state index contributed by atoms with van der Waals surface area (Å²) >= 11 is 0. The molecule has 0 bridgehead atoms. The molecule has 0 radical (unpaired) electrons. The van der Waals surface area contributed by atoms with Crippen LogP contribution in [0.3, 0.4) is 0 Å². The molecule has 2 aromatic rings. The van der Waals surface area contributed by atoms with Gasteiger partial charge in [0.25, 0.3) is 5.91 Å². The quantitative estimate of drug-likeness (QED) is 0.756. The van der Waals surface area contributed by atoms with Crippen molar-refractivity contribution in [2.24, 2.45) is 0 Å². The first kappa shape index (κ1) is 20.6. The SMILES string of the molecule is CCN(CC)S(=O)(=O)c1ccc(C(=O)Nc2cc(C(=O)O)ccc2C)cc1. The van der Waals surface area contributed by atoms with E-state index in [0.717, 1.165) is 0 Å². The predicted octanol–water partition coefficient (Wildman–Crippen LogP) is 2.98. The number of carboxylic acids is 1. The maximum atomic E-state index is 12.5.